The normalized spacial score (nSPS) is 12.8. The van der Waals surface area contributed by atoms with Crippen LogP contribution in [0.15, 0.2) is 42.5 Å². The lowest BCUT2D eigenvalue weighted by atomic mass is 10.00. The van der Waals surface area contributed by atoms with Crippen LogP contribution in [0.4, 0.5) is 18.9 Å². The topological polar surface area (TPSA) is 87.0 Å². The Hall–Kier alpha value is -2.57. The second kappa shape index (κ2) is 9.49. The second-order valence-electron chi connectivity index (χ2n) is 6.58. The minimum absolute atomic E-state index is 0.126. The maximum absolute atomic E-state index is 13.2. The molecule has 0 aliphatic heterocycles. The van der Waals surface area contributed by atoms with Gasteiger partial charge in [0.05, 0.1) is 28.9 Å². The third-order valence-electron chi connectivity index (χ3n) is 4.24. The molecular formula is C20H18ClF3N2O3S. The second-order valence-corrected chi connectivity index (χ2v) is 9.24. The van der Waals surface area contributed by atoms with E-state index in [0.29, 0.717) is 23.1 Å². The summed E-state index contributed by atoms with van der Waals surface area (Å²) >= 11 is 5.85. The summed E-state index contributed by atoms with van der Waals surface area (Å²) in [6.07, 6.45) is -4.42. The zero-order valence-electron chi connectivity index (χ0n) is 15.8. The van der Waals surface area contributed by atoms with E-state index in [-0.39, 0.29) is 11.4 Å². The summed E-state index contributed by atoms with van der Waals surface area (Å²) in [5, 5.41) is 11.6. The Kier molecular flexibility index (Phi) is 7.50. The number of nitrogens with one attached hydrogen (secondary N) is 1. The number of amides is 1. The molecule has 1 N–H and O–H groups in total. The van der Waals surface area contributed by atoms with Crippen LogP contribution in [0.1, 0.15) is 36.0 Å². The Labute approximate surface area is 177 Å². The van der Waals surface area contributed by atoms with E-state index < -0.39 is 44.7 Å². The van der Waals surface area contributed by atoms with Gasteiger partial charge in [-0.3, -0.25) is 4.79 Å². The van der Waals surface area contributed by atoms with Gasteiger partial charge in [-0.25, -0.2) is 8.42 Å². The zero-order chi connectivity index (χ0) is 22.5. The molecule has 2 aromatic carbocycles. The number of sulfone groups is 1. The predicted octanol–water partition coefficient (Wildman–Crippen LogP) is 4.78. The number of halogens is 4. The van der Waals surface area contributed by atoms with Gasteiger partial charge in [-0.1, -0.05) is 30.7 Å². The van der Waals surface area contributed by atoms with Gasteiger partial charge in [0.1, 0.15) is 0 Å². The molecule has 160 valence electrons. The number of carbonyl (C=O) groups is 1. The van der Waals surface area contributed by atoms with Gasteiger partial charge in [0.25, 0.3) is 0 Å². The molecule has 0 aliphatic rings. The molecule has 0 radical (unpaired) electrons. The molecule has 1 amide bonds. The van der Waals surface area contributed by atoms with Crippen molar-refractivity contribution < 1.29 is 26.4 Å². The molecular weight excluding hydrogens is 441 g/mol. The highest BCUT2D eigenvalue weighted by atomic mass is 35.5. The summed E-state index contributed by atoms with van der Waals surface area (Å²) in [5.74, 6) is -2.56. The fourth-order valence-electron chi connectivity index (χ4n) is 2.85. The van der Waals surface area contributed by atoms with Crippen molar-refractivity contribution in [3.8, 4) is 6.07 Å². The lowest BCUT2D eigenvalue weighted by Gasteiger charge is -2.18. The molecule has 0 fully saturated rings. The predicted molar refractivity (Wildman–Crippen MR) is 108 cm³/mol. The molecule has 30 heavy (non-hydrogen) atoms. The number of anilines is 1. The Morgan fingerprint density at radius 2 is 1.83 bits per heavy atom. The Morgan fingerprint density at radius 3 is 2.37 bits per heavy atom. The van der Waals surface area contributed by atoms with Gasteiger partial charge in [-0.15, -0.1) is 0 Å². The number of alkyl halides is 3. The molecule has 2 rings (SSSR count). The summed E-state index contributed by atoms with van der Waals surface area (Å²) < 4.78 is 64.1. The minimum atomic E-state index is -4.79. The monoisotopic (exact) mass is 458 g/mol. The Morgan fingerprint density at radius 1 is 1.20 bits per heavy atom. The van der Waals surface area contributed by atoms with Crippen LogP contribution in [-0.4, -0.2) is 25.8 Å². The van der Waals surface area contributed by atoms with E-state index >= 15 is 0 Å². The van der Waals surface area contributed by atoms with Crippen LogP contribution in [0, 0.1) is 11.3 Å². The highest BCUT2D eigenvalue weighted by Gasteiger charge is 2.34. The molecule has 0 heterocycles. The number of carbonyl (C=O) groups excluding carboxylic acids is 1. The number of rotatable bonds is 7. The zero-order valence-corrected chi connectivity index (χ0v) is 17.4. The van der Waals surface area contributed by atoms with E-state index in [9.17, 15) is 26.4 Å². The van der Waals surface area contributed by atoms with Crippen LogP contribution >= 0.6 is 11.6 Å². The van der Waals surface area contributed by atoms with E-state index in [2.05, 4.69) is 5.32 Å². The highest BCUT2D eigenvalue weighted by molar-refractivity contribution is 7.91. The molecule has 0 saturated carbocycles. The third-order valence-corrected chi connectivity index (χ3v) is 6.36. The third kappa shape index (κ3) is 6.21. The van der Waals surface area contributed by atoms with E-state index in [4.69, 9.17) is 16.9 Å². The molecule has 10 heteroatoms. The number of nitrogens with zero attached hydrogens (tertiary/aromatic N) is 1. The van der Waals surface area contributed by atoms with Gasteiger partial charge in [0, 0.05) is 16.5 Å². The van der Waals surface area contributed by atoms with Crippen LogP contribution < -0.4 is 5.32 Å². The van der Waals surface area contributed by atoms with Gasteiger partial charge in [0.2, 0.25) is 5.91 Å². The lowest BCUT2D eigenvalue weighted by Crippen LogP contribution is -2.28. The van der Waals surface area contributed by atoms with Gasteiger partial charge in [0.15, 0.2) is 9.84 Å². The van der Waals surface area contributed by atoms with Gasteiger partial charge in [-0.05, 0) is 42.3 Å². The van der Waals surface area contributed by atoms with Gasteiger partial charge < -0.3 is 5.32 Å². The van der Waals surface area contributed by atoms with Crippen molar-refractivity contribution in [3.05, 3.63) is 64.2 Å². The summed E-state index contributed by atoms with van der Waals surface area (Å²) in [7, 11) is -3.59. The molecule has 0 spiro atoms. The molecule has 1 atom stereocenters. The van der Waals surface area contributed by atoms with Crippen LogP contribution in [0.3, 0.4) is 0 Å². The summed E-state index contributed by atoms with van der Waals surface area (Å²) in [4.78, 5) is 12.8. The van der Waals surface area contributed by atoms with Crippen molar-refractivity contribution in [1.82, 2.24) is 0 Å². The van der Waals surface area contributed by atoms with E-state index in [1.807, 2.05) is 0 Å². The fraction of sp³-hybridized carbons (Fsp3) is 0.300. The first-order valence-electron chi connectivity index (χ1n) is 8.85. The maximum Gasteiger partial charge on any atom is 0.417 e. The fourth-order valence-corrected chi connectivity index (χ4v) is 4.62. The van der Waals surface area contributed by atoms with Crippen LogP contribution in [0.25, 0.3) is 0 Å². The summed E-state index contributed by atoms with van der Waals surface area (Å²) in [6.45, 7) is 1.68. The Bertz CT molecular complexity index is 1060. The molecule has 0 saturated heterocycles. The van der Waals surface area contributed by atoms with Crippen LogP contribution in [0.5, 0.6) is 0 Å². The standard InChI is InChI=1S/C20H18ClF3N2O3S/c1-2-9-30(28,29)12-17(13-3-6-15(21)7-4-13)19(27)26-16-8-5-14(11-25)18(10-16)20(22,23)24/h3-8,10,17H,2,9,12H2,1H3,(H,26,27). The number of hydrogen-bond acceptors (Lipinski definition) is 4. The van der Waals surface area contributed by atoms with E-state index in [1.54, 1.807) is 6.92 Å². The SMILES string of the molecule is CCCS(=O)(=O)CC(C(=O)Nc1ccc(C#N)c(C(F)(F)F)c1)c1ccc(Cl)cc1. The average molecular weight is 459 g/mol. The van der Waals surface area contributed by atoms with Crippen molar-refractivity contribution in [2.24, 2.45) is 0 Å². The van der Waals surface area contributed by atoms with Gasteiger partial charge in [-0.2, -0.15) is 18.4 Å². The Balaban J connectivity index is 2.39. The summed E-state index contributed by atoms with van der Waals surface area (Å²) in [5.41, 5.74) is -1.61. The first-order chi connectivity index (χ1) is 14.0. The van der Waals surface area contributed by atoms with Crippen molar-refractivity contribution in [2.75, 3.05) is 16.8 Å². The number of benzene rings is 2. The van der Waals surface area contributed by atoms with Crippen molar-refractivity contribution in [3.63, 3.8) is 0 Å². The highest BCUT2D eigenvalue weighted by Crippen LogP contribution is 2.34. The maximum atomic E-state index is 13.2. The first-order valence-corrected chi connectivity index (χ1v) is 11.0. The summed E-state index contributed by atoms with van der Waals surface area (Å²) in [6, 6.07) is 10.2. The molecule has 2 aromatic rings. The van der Waals surface area contributed by atoms with E-state index in [1.165, 1.54) is 30.3 Å². The quantitative estimate of drug-likeness (QED) is 0.647. The molecule has 0 aliphatic carbocycles. The van der Waals surface area contributed by atoms with Crippen LogP contribution in [-0.2, 0) is 20.8 Å². The molecule has 0 aromatic heterocycles. The number of nitriles is 1. The number of hydrogen-bond donors (Lipinski definition) is 1. The van der Waals surface area contributed by atoms with Crippen molar-refractivity contribution in [2.45, 2.75) is 25.4 Å². The van der Waals surface area contributed by atoms with Crippen molar-refractivity contribution >= 4 is 33.0 Å². The largest absolute Gasteiger partial charge is 0.417 e. The first kappa shape index (κ1) is 23.7. The van der Waals surface area contributed by atoms with E-state index in [0.717, 1.165) is 12.1 Å². The van der Waals surface area contributed by atoms with Crippen molar-refractivity contribution in [1.29, 1.82) is 5.26 Å². The lowest BCUT2D eigenvalue weighted by molar-refractivity contribution is -0.137. The molecule has 1 unspecified atom stereocenters. The average Bonchev–Trinajstić information content (AvgIpc) is 2.66. The molecule has 5 nitrogen and oxygen atoms in total. The van der Waals surface area contributed by atoms with Crippen LogP contribution in [0.2, 0.25) is 5.02 Å². The minimum Gasteiger partial charge on any atom is -0.326 e. The van der Waals surface area contributed by atoms with Gasteiger partial charge >= 0.3 is 6.18 Å². The molecule has 0 bridgehead atoms. The smallest absolute Gasteiger partial charge is 0.326 e.